The first-order valence-electron chi connectivity index (χ1n) is 3.80. The zero-order valence-electron chi connectivity index (χ0n) is 7.52. The molecule has 0 atom stereocenters. The average Bonchev–Trinajstić information content (AvgIpc) is 2.43. The summed E-state index contributed by atoms with van der Waals surface area (Å²) >= 11 is 0. The molecule has 0 aliphatic rings. The Balaban J connectivity index is 2.86. The molecule has 0 aromatic carbocycles. The van der Waals surface area contributed by atoms with Crippen molar-refractivity contribution in [3.8, 4) is 0 Å². The van der Waals surface area contributed by atoms with Crippen molar-refractivity contribution in [2.45, 2.75) is 6.54 Å². The van der Waals surface area contributed by atoms with Crippen molar-refractivity contribution in [2.24, 2.45) is 12.8 Å². The second kappa shape index (κ2) is 3.77. The molecule has 4 N–H and O–H groups in total. The van der Waals surface area contributed by atoms with Crippen LogP contribution in [0.3, 0.4) is 0 Å². The molecule has 1 rings (SSSR count). The number of hydrogen-bond donors (Lipinski definition) is 3. The summed E-state index contributed by atoms with van der Waals surface area (Å²) in [4.78, 5) is 21.1. The summed E-state index contributed by atoms with van der Waals surface area (Å²) in [5.41, 5.74) is 5.76. The molecule has 0 radical (unpaired) electrons. The third kappa shape index (κ3) is 2.00. The minimum Gasteiger partial charge on any atom is -0.465 e. The molecular formula is C7H10N4O3. The Kier molecular flexibility index (Phi) is 2.70. The quantitative estimate of drug-likeness (QED) is 0.595. The average molecular weight is 198 g/mol. The normalized spacial score (nSPS) is 9.79. The van der Waals surface area contributed by atoms with E-state index in [0.29, 0.717) is 5.56 Å². The molecule has 7 heteroatoms. The molecule has 7 nitrogen and oxygen atoms in total. The maximum absolute atomic E-state index is 10.9. The lowest BCUT2D eigenvalue weighted by molar-refractivity contribution is 0.0990. The number of carbonyl (C=O) groups excluding carboxylic acids is 1. The Morgan fingerprint density at radius 3 is 2.86 bits per heavy atom. The van der Waals surface area contributed by atoms with Crippen LogP contribution in [-0.4, -0.2) is 26.9 Å². The molecule has 0 unspecified atom stereocenters. The molecule has 0 bridgehead atoms. The number of aryl methyl sites for hydroxylation is 1. The van der Waals surface area contributed by atoms with Crippen molar-refractivity contribution in [3.63, 3.8) is 0 Å². The molecule has 0 aliphatic carbocycles. The molecule has 76 valence electrons. The number of carboxylic acid groups (broad SMARTS) is 1. The number of hydrogen-bond acceptors (Lipinski definition) is 3. The summed E-state index contributed by atoms with van der Waals surface area (Å²) in [6.45, 7) is 0.0153. The fourth-order valence-corrected chi connectivity index (χ4v) is 1.10. The van der Waals surface area contributed by atoms with Gasteiger partial charge in [0, 0.05) is 12.6 Å². The second-order valence-corrected chi connectivity index (χ2v) is 2.66. The maximum atomic E-state index is 10.9. The second-order valence-electron chi connectivity index (χ2n) is 2.66. The standard InChI is InChI=1S/C7H10N4O3/c1-11-5(6(8)12)4(3-10-11)2-9-7(13)14/h3,9H,2H2,1H3,(H2,8,12)(H,13,14). The van der Waals surface area contributed by atoms with Gasteiger partial charge >= 0.3 is 6.09 Å². The number of amides is 2. The van der Waals surface area contributed by atoms with Crippen LogP contribution in [0.4, 0.5) is 4.79 Å². The summed E-state index contributed by atoms with van der Waals surface area (Å²) in [5, 5.41) is 14.3. The molecule has 2 amide bonds. The van der Waals surface area contributed by atoms with Gasteiger partial charge < -0.3 is 16.2 Å². The summed E-state index contributed by atoms with van der Waals surface area (Å²) in [5.74, 6) is -0.632. The zero-order valence-corrected chi connectivity index (χ0v) is 7.52. The van der Waals surface area contributed by atoms with E-state index >= 15 is 0 Å². The number of nitrogens with two attached hydrogens (primary N) is 1. The Morgan fingerprint density at radius 2 is 2.36 bits per heavy atom. The van der Waals surface area contributed by atoms with E-state index in [4.69, 9.17) is 10.8 Å². The minimum atomic E-state index is -1.16. The first-order chi connectivity index (χ1) is 6.52. The third-order valence-corrected chi connectivity index (χ3v) is 1.68. The lowest BCUT2D eigenvalue weighted by Gasteiger charge is -2.01. The van der Waals surface area contributed by atoms with Crippen LogP contribution in [0.5, 0.6) is 0 Å². The lowest BCUT2D eigenvalue weighted by atomic mass is 10.2. The Hall–Kier alpha value is -2.05. The van der Waals surface area contributed by atoms with E-state index in [2.05, 4.69) is 10.4 Å². The molecule has 0 spiro atoms. The van der Waals surface area contributed by atoms with Gasteiger partial charge in [-0.25, -0.2) is 4.79 Å². The van der Waals surface area contributed by atoms with E-state index < -0.39 is 12.0 Å². The van der Waals surface area contributed by atoms with Gasteiger partial charge in [0.1, 0.15) is 5.69 Å². The van der Waals surface area contributed by atoms with Crippen molar-refractivity contribution in [3.05, 3.63) is 17.5 Å². The third-order valence-electron chi connectivity index (χ3n) is 1.68. The van der Waals surface area contributed by atoms with E-state index in [1.807, 2.05) is 0 Å². The molecule has 0 saturated carbocycles. The highest BCUT2D eigenvalue weighted by molar-refractivity contribution is 5.92. The number of rotatable bonds is 3. The Bertz CT molecular complexity index is 371. The van der Waals surface area contributed by atoms with Gasteiger partial charge in [-0.3, -0.25) is 9.48 Å². The fraction of sp³-hybridized carbons (Fsp3) is 0.286. The lowest BCUT2D eigenvalue weighted by Crippen LogP contribution is -2.23. The highest BCUT2D eigenvalue weighted by Crippen LogP contribution is 2.05. The van der Waals surface area contributed by atoms with E-state index in [1.54, 1.807) is 7.05 Å². The van der Waals surface area contributed by atoms with Gasteiger partial charge in [0.25, 0.3) is 5.91 Å². The van der Waals surface area contributed by atoms with Gasteiger partial charge in [-0.15, -0.1) is 0 Å². The molecule has 0 fully saturated rings. The Morgan fingerprint density at radius 1 is 1.71 bits per heavy atom. The summed E-state index contributed by atoms with van der Waals surface area (Å²) in [7, 11) is 1.56. The Labute approximate surface area is 79.5 Å². The summed E-state index contributed by atoms with van der Waals surface area (Å²) in [6.07, 6.45) is 0.236. The summed E-state index contributed by atoms with van der Waals surface area (Å²) in [6, 6.07) is 0. The highest BCUT2D eigenvalue weighted by Gasteiger charge is 2.13. The largest absolute Gasteiger partial charge is 0.465 e. The van der Waals surface area contributed by atoms with Crippen LogP contribution in [0.15, 0.2) is 6.20 Å². The number of primary amides is 1. The van der Waals surface area contributed by atoms with Crippen molar-refractivity contribution in [1.29, 1.82) is 0 Å². The molecule has 0 aliphatic heterocycles. The smallest absolute Gasteiger partial charge is 0.404 e. The predicted octanol–water partition coefficient (Wildman–Crippen LogP) is -0.713. The van der Waals surface area contributed by atoms with Crippen molar-refractivity contribution < 1.29 is 14.7 Å². The first-order valence-corrected chi connectivity index (χ1v) is 3.80. The van der Waals surface area contributed by atoms with Gasteiger partial charge in [-0.2, -0.15) is 5.10 Å². The van der Waals surface area contributed by atoms with Crippen LogP contribution in [0.2, 0.25) is 0 Å². The predicted molar refractivity (Wildman–Crippen MR) is 46.6 cm³/mol. The number of nitrogens with one attached hydrogen (secondary N) is 1. The van der Waals surface area contributed by atoms with Gasteiger partial charge in [0.2, 0.25) is 0 Å². The van der Waals surface area contributed by atoms with Crippen molar-refractivity contribution in [1.82, 2.24) is 15.1 Å². The zero-order chi connectivity index (χ0) is 10.7. The maximum Gasteiger partial charge on any atom is 0.404 e. The van der Waals surface area contributed by atoms with Gasteiger partial charge in [-0.05, 0) is 0 Å². The summed E-state index contributed by atoms with van der Waals surface area (Å²) < 4.78 is 1.31. The minimum absolute atomic E-state index is 0.0153. The van der Waals surface area contributed by atoms with Crippen LogP contribution in [0.1, 0.15) is 16.1 Å². The van der Waals surface area contributed by atoms with Crippen molar-refractivity contribution in [2.75, 3.05) is 0 Å². The van der Waals surface area contributed by atoms with Crippen LogP contribution < -0.4 is 11.1 Å². The molecule has 1 aromatic heterocycles. The van der Waals surface area contributed by atoms with E-state index in [0.717, 1.165) is 0 Å². The number of aromatic nitrogens is 2. The van der Waals surface area contributed by atoms with Crippen LogP contribution >= 0.6 is 0 Å². The molecule has 14 heavy (non-hydrogen) atoms. The van der Waals surface area contributed by atoms with Gasteiger partial charge in [0.15, 0.2) is 0 Å². The van der Waals surface area contributed by atoms with E-state index in [1.165, 1.54) is 10.9 Å². The topological polar surface area (TPSA) is 110 Å². The van der Waals surface area contributed by atoms with Gasteiger partial charge in [-0.1, -0.05) is 0 Å². The molecular weight excluding hydrogens is 188 g/mol. The van der Waals surface area contributed by atoms with E-state index in [9.17, 15) is 9.59 Å². The van der Waals surface area contributed by atoms with Gasteiger partial charge in [0.05, 0.1) is 12.7 Å². The first kappa shape index (κ1) is 10.0. The number of carbonyl (C=O) groups is 2. The highest BCUT2D eigenvalue weighted by atomic mass is 16.4. The van der Waals surface area contributed by atoms with Crippen molar-refractivity contribution >= 4 is 12.0 Å². The monoisotopic (exact) mass is 198 g/mol. The molecule has 1 heterocycles. The van der Waals surface area contributed by atoms with Crippen LogP contribution in [0, 0.1) is 0 Å². The number of nitrogens with zero attached hydrogens (tertiary/aromatic N) is 2. The SMILES string of the molecule is Cn1ncc(CNC(=O)O)c1C(N)=O. The fourth-order valence-electron chi connectivity index (χ4n) is 1.10. The molecule has 0 saturated heterocycles. The van der Waals surface area contributed by atoms with Crippen LogP contribution in [0.25, 0.3) is 0 Å². The van der Waals surface area contributed by atoms with Crippen LogP contribution in [-0.2, 0) is 13.6 Å². The van der Waals surface area contributed by atoms with E-state index in [-0.39, 0.29) is 12.2 Å². The molecule has 1 aromatic rings.